The lowest BCUT2D eigenvalue weighted by atomic mass is 9.79. The molecule has 2 aliphatic carbocycles. The van der Waals surface area contributed by atoms with Crippen LogP contribution in [0, 0.1) is 23.7 Å². The molecule has 6 atom stereocenters. The van der Waals surface area contributed by atoms with E-state index in [1.54, 1.807) is 6.20 Å². The number of aromatic nitrogens is 4. The Kier molecular flexibility index (Phi) is 8.53. The molecule has 3 heterocycles. The molecule has 2 amide bonds. The first-order valence-electron chi connectivity index (χ1n) is 16.9. The van der Waals surface area contributed by atoms with Gasteiger partial charge >= 0.3 is 12.1 Å². The van der Waals surface area contributed by atoms with Gasteiger partial charge in [-0.05, 0) is 72.1 Å². The number of aliphatic carboxylic acids is 1. The van der Waals surface area contributed by atoms with Crippen molar-refractivity contribution in [1.29, 1.82) is 0 Å². The van der Waals surface area contributed by atoms with E-state index in [9.17, 15) is 19.5 Å². The number of H-pyrrole nitrogens is 2. The average molecular weight is 651 g/mol. The molecule has 7 rings (SSSR count). The number of imidazole rings is 2. The van der Waals surface area contributed by atoms with Crippen molar-refractivity contribution in [3.05, 3.63) is 72.6 Å². The fourth-order valence-corrected chi connectivity index (χ4v) is 8.22. The number of carboxylic acids is 1. The normalized spacial score (nSPS) is 23.8. The Morgan fingerprint density at radius 3 is 2.00 bits per heavy atom. The summed E-state index contributed by atoms with van der Waals surface area (Å²) < 4.78 is 4.74. The fraction of sp³-hybridized carbons (Fsp3) is 0.432. The zero-order valence-electron chi connectivity index (χ0n) is 27.5. The van der Waals surface area contributed by atoms with E-state index in [2.05, 4.69) is 73.8 Å². The van der Waals surface area contributed by atoms with Crippen molar-refractivity contribution in [2.45, 2.75) is 64.0 Å². The van der Waals surface area contributed by atoms with Crippen LogP contribution in [-0.2, 0) is 14.3 Å². The van der Waals surface area contributed by atoms with Crippen molar-refractivity contribution in [2.24, 2.45) is 23.7 Å². The first kappa shape index (κ1) is 31.7. The second kappa shape index (κ2) is 12.9. The number of fused-ring (bicyclic) bond motifs is 2. The van der Waals surface area contributed by atoms with Gasteiger partial charge in [0.2, 0.25) is 5.91 Å². The fourth-order valence-electron chi connectivity index (χ4n) is 8.22. The Hall–Kier alpha value is -4.93. The van der Waals surface area contributed by atoms with Crippen LogP contribution in [0.3, 0.4) is 0 Å². The van der Waals surface area contributed by atoms with E-state index in [0.717, 1.165) is 77.4 Å². The van der Waals surface area contributed by atoms with Gasteiger partial charge in [0, 0.05) is 12.5 Å². The predicted molar refractivity (Wildman–Crippen MR) is 180 cm³/mol. The minimum absolute atomic E-state index is 0.0362. The van der Waals surface area contributed by atoms with Gasteiger partial charge in [-0.3, -0.25) is 9.59 Å². The molecule has 2 aromatic carbocycles. The van der Waals surface area contributed by atoms with Crippen molar-refractivity contribution in [3.63, 3.8) is 0 Å². The van der Waals surface area contributed by atoms with Crippen molar-refractivity contribution < 1.29 is 24.2 Å². The molecule has 250 valence electrons. The van der Waals surface area contributed by atoms with Crippen molar-refractivity contribution in [1.82, 2.24) is 30.2 Å². The molecule has 2 saturated carbocycles. The average Bonchev–Trinajstić information content (AvgIpc) is 3.94. The number of nitrogens with one attached hydrogen (secondary N) is 3. The highest BCUT2D eigenvalue weighted by Crippen LogP contribution is 2.56. The number of methoxy groups -OCH3 is 1. The molecule has 0 unspecified atom stereocenters. The number of carbonyl (C=O) groups excluding carboxylic acids is 2. The van der Waals surface area contributed by atoms with Crippen LogP contribution in [-0.4, -0.2) is 67.6 Å². The molecule has 11 heteroatoms. The number of ether oxygens (including phenoxy) is 1. The molecule has 0 radical (unpaired) electrons. The van der Waals surface area contributed by atoms with E-state index < -0.39 is 18.1 Å². The maximum atomic E-state index is 13.5. The van der Waals surface area contributed by atoms with Crippen LogP contribution in [0.2, 0.25) is 0 Å². The third-order valence-corrected chi connectivity index (χ3v) is 10.7. The van der Waals surface area contributed by atoms with Crippen LogP contribution < -0.4 is 5.32 Å². The van der Waals surface area contributed by atoms with Crippen LogP contribution in [0.4, 0.5) is 4.79 Å². The van der Waals surface area contributed by atoms with Gasteiger partial charge in [-0.2, -0.15) is 0 Å². The minimum Gasteiger partial charge on any atom is -0.481 e. The van der Waals surface area contributed by atoms with Crippen LogP contribution in [0.15, 0.2) is 60.9 Å². The maximum Gasteiger partial charge on any atom is 0.407 e. The number of rotatable bonds is 9. The Balaban J connectivity index is 1.02. The van der Waals surface area contributed by atoms with Crippen LogP contribution in [0.5, 0.6) is 0 Å². The lowest BCUT2D eigenvalue weighted by molar-refractivity contribution is -0.144. The number of benzene rings is 2. The maximum absolute atomic E-state index is 13.5. The lowest BCUT2D eigenvalue weighted by Crippen LogP contribution is -2.51. The number of alkyl carbamates (subject to hydrolysis) is 1. The molecule has 0 spiro atoms. The summed E-state index contributed by atoms with van der Waals surface area (Å²) in [6.45, 7) is 4.41. The molecule has 4 aromatic rings. The van der Waals surface area contributed by atoms with Crippen molar-refractivity contribution in [2.75, 3.05) is 13.7 Å². The smallest absolute Gasteiger partial charge is 0.407 e. The first-order valence-corrected chi connectivity index (χ1v) is 16.9. The monoisotopic (exact) mass is 650 g/mol. The Labute approximate surface area is 279 Å². The minimum atomic E-state index is -0.702. The predicted octanol–water partition coefficient (Wildman–Crippen LogP) is 6.39. The molecule has 1 aliphatic heterocycles. The van der Waals surface area contributed by atoms with Gasteiger partial charge < -0.3 is 30.0 Å². The highest BCUT2D eigenvalue weighted by Gasteiger charge is 2.52. The van der Waals surface area contributed by atoms with Crippen LogP contribution >= 0.6 is 0 Å². The van der Waals surface area contributed by atoms with E-state index in [1.807, 2.05) is 24.9 Å². The molecule has 2 aromatic heterocycles. The standard InChI is InChI=1S/C37H42N6O5/c1-20(2)32(42-37(47)48-3)35(44)43-16-4-5-29(43)33-38-18-27(40-33)23-10-6-21(7-11-23)22-8-12-24(13-9-22)28-19-39-34(41-28)30-25-14-15-26(17-25)31(30)36(45)46/h6-13,18-20,25-26,29-32H,4-5,14-17H2,1-3H3,(H,38,40)(H,39,41)(H,42,47)(H,45,46)/t25-,26+,29-,30+,31+,32-/m0/s1. The zero-order chi connectivity index (χ0) is 33.5. The summed E-state index contributed by atoms with van der Waals surface area (Å²) in [5.41, 5.74) is 5.92. The largest absolute Gasteiger partial charge is 0.481 e. The number of likely N-dealkylation sites (tertiary alicyclic amines) is 1. The summed E-state index contributed by atoms with van der Waals surface area (Å²) in [6, 6.07) is 15.7. The Morgan fingerprint density at radius 2 is 1.42 bits per heavy atom. The second-order valence-electron chi connectivity index (χ2n) is 13.8. The van der Waals surface area contributed by atoms with Crippen LogP contribution in [0.1, 0.15) is 69.6 Å². The molecule has 2 bridgehead atoms. The number of carbonyl (C=O) groups is 3. The molecular formula is C37H42N6O5. The van der Waals surface area contributed by atoms with Gasteiger partial charge in [-0.25, -0.2) is 14.8 Å². The van der Waals surface area contributed by atoms with Gasteiger partial charge in [0.15, 0.2) is 0 Å². The number of amides is 2. The lowest BCUT2D eigenvalue weighted by Gasteiger charge is -2.30. The van der Waals surface area contributed by atoms with Gasteiger partial charge in [0.1, 0.15) is 17.7 Å². The summed E-state index contributed by atoms with van der Waals surface area (Å²) in [7, 11) is 1.29. The molecule has 48 heavy (non-hydrogen) atoms. The topological polar surface area (TPSA) is 153 Å². The van der Waals surface area contributed by atoms with E-state index in [4.69, 9.17) is 4.74 Å². The van der Waals surface area contributed by atoms with Crippen molar-refractivity contribution >= 4 is 18.0 Å². The number of nitrogens with zero attached hydrogens (tertiary/aromatic N) is 3. The number of hydrogen-bond donors (Lipinski definition) is 4. The quantitative estimate of drug-likeness (QED) is 0.164. The van der Waals surface area contributed by atoms with Crippen LogP contribution in [0.25, 0.3) is 33.6 Å². The Morgan fingerprint density at radius 1 is 0.854 bits per heavy atom. The Bertz CT molecular complexity index is 1790. The van der Waals surface area contributed by atoms with E-state index in [-0.39, 0.29) is 35.6 Å². The molecule has 4 N–H and O–H groups in total. The molecule has 3 aliphatic rings. The van der Waals surface area contributed by atoms with E-state index >= 15 is 0 Å². The first-order chi connectivity index (χ1) is 23.2. The summed E-state index contributed by atoms with van der Waals surface area (Å²) in [4.78, 5) is 55.4. The molecular weight excluding hydrogens is 608 g/mol. The molecule has 1 saturated heterocycles. The molecule has 11 nitrogen and oxygen atoms in total. The number of carboxylic acid groups (broad SMARTS) is 1. The van der Waals surface area contributed by atoms with Gasteiger partial charge in [0.25, 0.3) is 0 Å². The summed E-state index contributed by atoms with van der Waals surface area (Å²) in [5.74, 6) is 0.886. The highest BCUT2D eigenvalue weighted by molar-refractivity contribution is 5.86. The SMILES string of the molecule is COC(=O)N[C@H](C(=O)N1CCC[C@H]1c1ncc(-c2ccc(-c3ccc(-c4cnc([C@@H]5[C@H]6CC[C@H](C6)[C@H]5C(=O)O)[nH]4)cc3)cc2)[nH]1)C(C)C. The van der Waals surface area contributed by atoms with Crippen molar-refractivity contribution in [3.8, 4) is 33.6 Å². The third kappa shape index (κ3) is 5.86. The second-order valence-corrected chi connectivity index (χ2v) is 13.8. The number of aromatic amines is 2. The van der Waals surface area contributed by atoms with Gasteiger partial charge in [-0.1, -0.05) is 62.4 Å². The van der Waals surface area contributed by atoms with E-state index in [0.29, 0.717) is 12.5 Å². The van der Waals surface area contributed by atoms with Gasteiger partial charge in [-0.15, -0.1) is 0 Å². The summed E-state index contributed by atoms with van der Waals surface area (Å²) in [5, 5.41) is 12.6. The summed E-state index contributed by atoms with van der Waals surface area (Å²) in [6.07, 6.45) is 7.75. The third-order valence-electron chi connectivity index (χ3n) is 10.7. The van der Waals surface area contributed by atoms with Gasteiger partial charge in [0.05, 0.1) is 42.9 Å². The zero-order valence-corrected chi connectivity index (χ0v) is 27.5. The highest BCUT2D eigenvalue weighted by atomic mass is 16.5. The summed E-state index contributed by atoms with van der Waals surface area (Å²) >= 11 is 0. The van der Waals surface area contributed by atoms with E-state index in [1.165, 1.54) is 7.11 Å². The molecule has 3 fully saturated rings. The number of hydrogen-bond acceptors (Lipinski definition) is 6.